The monoisotopic (exact) mass is 570 g/mol. The van der Waals surface area contributed by atoms with E-state index in [9.17, 15) is 9.46 Å². The highest BCUT2D eigenvalue weighted by Gasteiger charge is 2.38. The zero-order valence-corrected chi connectivity index (χ0v) is 24.3. The van der Waals surface area contributed by atoms with E-state index in [2.05, 4.69) is 22.9 Å². The van der Waals surface area contributed by atoms with Gasteiger partial charge in [0, 0.05) is 18.5 Å². The first-order chi connectivity index (χ1) is 16.5. The van der Waals surface area contributed by atoms with Gasteiger partial charge in [0.1, 0.15) is 5.60 Å². The van der Waals surface area contributed by atoms with Crippen molar-refractivity contribution < 1.29 is 28.0 Å². The average molecular weight is 572 g/mol. The number of halogens is 1. The summed E-state index contributed by atoms with van der Waals surface area (Å²) in [6, 6.07) is 0. The van der Waals surface area contributed by atoms with Crippen molar-refractivity contribution in [2.24, 2.45) is 0 Å². The maximum atomic E-state index is 11.9. The number of unbranched alkanes of at least 4 members (excludes halogenated alkanes) is 15. The predicted octanol–water partition coefficient (Wildman–Crippen LogP) is 8.34. The zero-order chi connectivity index (χ0) is 24.8. The Morgan fingerprint density at radius 2 is 1.32 bits per heavy atom. The molecule has 204 valence electrons. The summed E-state index contributed by atoms with van der Waals surface area (Å²) in [5.41, 5.74) is -0.634. The van der Waals surface area contributed by atoms with Crippen LogP contribution in [0.4, 0.5) is 0 Å². The molecule has 0 saturated carbocycles. The first-order valence-electron chi connectivity index (χ1n) is 13.9. The van der Waals surface area contributed by atoms with Crippen LogP contribution < -0.4 is 0 Å². The lowest BCUT2D eigenvalue weighted by Gasteiger charge is -2.28. The molecule has 8 heteroatoms. The maximum absolute atomic E-state index is 11.9. The average Bonchev–Trinajstić information content (AvgIpc) is 3.30. The Kier molecular flexibility index (Phi) is 20.7. The molecule has 1 saturated heterocycles. The number of phosphoric ester groups is 1. The van der Waals surface area contributed by atoms with Gasteiger partial charge in [-0.25, -0.2) is 4.57 Å². The first kappa shape index (κ1) is 32.5. The van der Waals surface area contributed by atoms with E-state index in [1.54, 1.807) is 0 Å². The van der Waals surface area contributed by atoms with E-state index >= 15 is 0 Å². The fourth-order valence-electron chi connectivity index (χ4n) is 4.42. The van der Waals surface area contributed by atoms with Gasteiger partial charge in [0.05, 0.1) is 19.8 Å². The molecule has 34 heavy (non-hydrogen) atoms. The summed E-state index contributed by atoms with van der Waals surface area (Å²) in [6.45, 7) is 4.13. The first-order valence-corrected chi connectivity index (χ1v) is 16.5. The lowest BCUT2D eigenvalue weighted by Crippen LogP contribution is -2.39. The second-order valence-electron chi connectivity index (χ2n) is 9.76. The number of phosphoric acid groups is 1. The van der Waals surface area contributed by atoms with Gasteiger partial charge >= 0.3 is 7.82 Å². The Morgan fingerprint density at radius 3 is 1.79 bits per heavy atom. The van der Waals surface area contributed by atoms with Crippen molar-refractivity contribution in [2.45, 2.75) is 128 Å². The van der Waals surface area contributed by atoms with Gasteiger partial charge in [-0.1, -0.05) is 119 Å². The third-order valence-electron chi connectivity index (χ3n) is 6.51. The van der Waals surface area contributed by atoms with Crippen LogP contribution in [0.3, 0.4) is 0 Å². The van der Waals surface area contributed by atoms with Crippen LogP contribution in [0.5, 0.6) is 0 Å². The van der Waals surface area contributed by atoms with Crippen LogP contribution >= 0.6 is 23.8 Å². The van der Waals surface area contributed by atoms with Crippen molar-refractivity contribution in [3.8, 4) is 0 Å². The van der Waals surface area contributed by atoms with E-state index in [0.717, 1.165) is 19.3 Å². The molecule has 0 aliphatic carbocycles. The molecule has 0 aromatic carbocycles. The third-order valence-corrected chi connectivity index (χ3v) is 7.80. The van der Waals surface area contributed by atoms with Crippen LogP contribution in [0.25, 0.3) is 0 Å². The molecule has 0 bridgehead atoms. The number of alkyl halides is 1. The van der Waals surface area contributed by atoms with Crippen molar-refractivity contribution >= 4 is 23.8 Å². The van der Waals surface area contributed by atoms with Gasteiger partial charge in [-0.3, -0.25) is 9.05 Å². The zero-order valence-electron chi connectivity index (χ0n) is 21.8. The molecule has 0 spiro atoms. The Bertz CT molecular complexity index is 502. The smallest absolute Gasteiger partial charge is 0.378 e. The SMILES string of the molecule is CCCCCCCCCCCCCCCCCCOCC1(COP(=O)(O)OCCBr)CCCO1. The predicted molar refractivity (Wildman–Crippen MR) is 144 cm³/mol. The summed E-state index contributed by atoms with van der Waals surface area (Å²) in [5.74, 6) is 0. The van der Waals surface area contributed by atoms with Gasteiger partial charge in [-0.2, -0.15) is 0 Å². The highest BCUT2D eigenvalue weighted by atomic mass is 79.9. The van der Waals surface area contributed by atoms with Crippen molar-refractivity contribution in [3.05, 3.63) is 0 Å². The molecule has 2 atom stereocenters. The van der Waals surface area contributed by atoms with E-state index in [-0.39, 0.29) is 13.2 Å². The third kappa shape index (κ3) is 17.9. The van der Waals surface area contributed by atoms with E-state index in [4.69, 9.17) is 18.5 Å². The highest BCUT2D eigenvalue weighted by molar-refractivity contribution is 9.09. The van der Waals surface area contributed by atoms with Gasteiger partial charge in [0.2, 0.25) is 0 Å². The summed E-state index contributed by atoms with van der Waals surface area (Å²) in [4.78, 5) is 9.74. The topological polar surface area (TPSA) is 74.2 Å². The molecule has 1 heterocycles. The Hall–Kier alpha value is 0.510. The summed E-state index contributed by atoms with van der Waals surface area (Å²) in [5, 5.41) is 0.477. The normalized spacial score (nSPS) is 20.1. The molecule has 1 rings (SSSR count). The van der Waals surface area contributed by atoms with Crippen molar-refractivity contribution in [2.75, 3.05) is 38.4 Å². The fraction of sp³-hybridized carbons (Fsp3) is 1.00. The molecule has 1 N–H and O–H groups in total. The maximum Gasteiger partial charge on any atom is 0.472 e. The standard InChI is InChI=1S/C26H52BrO6P/c1-2-3-4-5-6-7-8-9-10-11-12-13-14-15-16-17-21-30-24-26(19-18-22-31-26)25-33-34(28,29)32-23-20-27/h2-25H2,1H3,(H,28,29). The number of hydrogen-bond acceptors (Lipinski definition) is 5. The van der Waals surface area contributed by atoms with Crippen LogP contribution in [0, 0.1) is 0 Å². The quantitative estimate of drug-likeness (QED) is 0.0675. The van der Waals surface area contributed by atoms with Crippen LogP contribution in [0.1, 0.15) is 122 Å². The van der Waals surface area contributed by atoms with Crippen LogP contribution in [-0.4, -0.2) is 48.9 Å². The number of rotatable bonds is 25. The number of hydrogen-bond donors (Lipinski definition) is 1. The Balaban J connectivity index is 1.92. The molecular weight excluding hydrogens is 519 g/mol. The second-order valence-corrected chi connectivity index (χ2v) is 12.0. The van der Waals surface area contributed by atoms with Crippen LogP contribution in [0.15, 0.2) is 0 Å². The van der Waals surface area contributed by atoms with E-state index in [0.29, 0.717) is 25.2 Å². The molecule has 0 aromatic rings. The van der Waals surface area contributed by atoms with Crippen LogP contribution in [0.2, 0.25) is 0 Å². The highest BCUT2D eigenvalue weighted by Crippen LogP contribution is 2.45. The largest absolute Gasteiger partial charge is 0.472 e. The molecule has 0 radical (unpaired) electrons. The van der Waals surface area contributed by atoms with Crippen LogP contribution in [-0.2, 0) is 23.1 Å². The molecule has 1 aliphatic heterocycles. The summed E-state index contributed by atoms with van der Waals surface area (Å²) in [6.07, 6.45) is 23.3. The van der Waals surface area contributed by atoms with Gasteiger partial charge in [-0.15, -0.1) is 0 Å². The number of ether oxygens (including phenoxy) is 2. The molecule has 0 amide bonds. The fourth-order valence-corrected chi connectivity index (χ4v) is 5.63. The molecular formula is C26H52BrO6P. The molecule has 1 fully saturated rings. The minimum absolute atomic E-state index is 0.0159. The molecule has 1 aliphatic rings. The van der Waals surface area contributed by atoms with E-state index in [1.165, 1.54) is 96.3 Å². The second kappa shape index (κ2) is 21.6. The lowest BCUT2D eigenvalue weighted by molar-refractivity contribution is -0.0907. The molecule has 2 unspecified atom stereocenters. The van der Waals surface area contributed by atoms with Gasteiger partial charge in [0.25, 0.3) is 0 Å². The van der Waals surface area contributed by atoms with Gasteiger partial charge in [-0.05, 0) is 19.3 Å². The van der Waals surface area contributed by atoms with Gasteiger partial charge < -0.3 is 14.4 Å². The Morgan fingerprint density at radius 1 is 0.794 bits per heavy atom. The van der Waals surface area contributed by atoms with Crippen molar-refractivity contribution in [3.63, 3.8) is 0 Å². The molecule has 6 nitrogen and oxygen atoms in total. The lowest BCUT2D eigenvalue weighted by atomic mass is 10.0. The minimum Gasteiger partial charge on any atom is -0.378 e. The summed E-state index contributed by atoms with van der Waals surface area (Å²) < 4.78 is 33.6. The van der Waals surface area contributed by atoms with Crippen molar-refractivity contribution in [1.82, 2.24) is 0 Å². The van der Waals surface area contributed by atoms with Gasteiger partial charge in [0.15, 0.2) is 0 Å². The van der Waals surface area contributed by atoms with E-state index < -0.39 is 13.4 Å². The Labute approximate surface area is 218 Å². The molecule has 0 aromatic heterocycles. The minimum atomic E-state index is -4.05. The van der Waals surface area contributed by atoms with E-state index in [1.807, 2.05) is 0 Å². The van der Waals surface area contributed by atoms with Crippen molar-refractivity contribution in [1.29, 1.82) is 0 Å². The summed E-state index contributed by atoms with van der Waals surface area (Å²) >= 11 is 3.17. The summed E-state index contributed by atoms with van der Waals surface area (Å²) in [7, 11) is -4.05.